The second kappa shape index (κ2) is 6.93. The van der Waals surface area contributed by atoms with E-state index in [-0.39, 0.29) is 12.4 Å². The number of esters is 1. The third-order valence-electron chi connectivity index (χ3n) is 3.43. The van der Waals surface area contributed by atoms with Crippen LogP contribution in [-0.2, 0) is 14.3 Å². The Morgan fingerprint density at radius 1 is 1.33 bits per heavy atom. The summed E-state index contributed by atoms with van der Waals surface area (Å²) in [7, 11) is 0. The smallest absolute Gasteiger partial charge is 0.343 e. The number of hydrogen-bond acceptors (Lipinski definition) is 5. The lowest BCUT2D eigenvalue weighted by atomic mass is 9.81. The van der Waals surface area contributed by atoms with E-state index < -0.39 is 11.5 Å². The second-order valence-electron chi connectivity index (χ2n) is 4.89. The highest BCUT2D eigenvalue weighted by atomic mass is 79.9. The first kappa shape index (κ1) is 15.8. The van der Waals surface area contributed by atoms with Gasteiger partial charge in [-0.1, -0.05) is 15.9 Å². The zero-order valence-electron chi connectivity index (χ0n) is 11.8. The van der Waals surface area contributed by atoms with Crippen molar-refractivity contribution in [1.29, 1.82) is 0 Å². The number of rotatable bonds is 4. The zero-order chi connectivity index (χ0) is 15.3. The molecule has 112 valence electrons. The SMILES string of the molecule is CCOC(=O)C1(/N=N/c2ccc(Br)cc2)CCCCC1=O. The van der Waals surface area contributed by atoms with Crippen molar-refractivity contribution >= 4 is 33.4 Å². The fourth-order valence-corrected chi connectivity index (χ4v) is 2.54. The van der Waals surface area contributed by atoms with Gasteiger partial charge in [0.05, 0.1) is 12.3 Å². The maximum Gasteiger partial charge on any atom is 0.343 e. The van der Waals surface area contributed by atoms with Gasteiger partial charge in [0.15, 0.2) is 5.78 Å². The van der Waals surface area contributed by atoms with Crippen LogP contribution >= 0.6 is 15.9 Å². The van der Waals surface area contributed by atoms with E-state index in [0.717, 1.165) is 17.3 Å². The normalized spacial score (nSPS) is 22.5. The number of azo groups is 1. The molecule has 0 aliphatic heterocycles. The van der Waals surface area contributed by atoms with Crippen LogP contribution in [0.15, 0.2) is 39.0 Å². The highest BCUT2D eigenvalue weighted by molar-refractivity contribution is 9.10. The lowest BCUT2D eigenvalue weighted by molar-refractivity contribution is -0.155. The molecule has 1 saturated carbocycles. The average Bonchev–Trinajstić information content (AvgIpc) is 2.48. The molecule has 0 radical (unpaired) electrons. The van der Waals surface area contributed by atoms with Crippen LogP contribution in [0.3, 0.4) is 0 Å². The van der Waals surface area contributed by atoms with Crippen molar-refractivity contribution in [3.8, 4) is 0 Å². The van der Waals surface area contributed by atoms with E-state index in [1.165, 1.54) is 0 Å². The summed E-state index contributed by atoms with van der Waals surface area (Å²) in [5.41, 5.74) is -0.860. The van der Waals surface area contributed by atoms with Gasteiger partial charge in [-0.2, -0.15) is 10.2 Å². The molecular weight excluding hydrogens is 336 g/mol. The summed E-state index contributed by atoms with van der Waals surface area (Å²) in [6, 6.07) is 7.18. The zero-order valence-corrected chi connectivity index (χ0v) is 13.4. The van der Waals surface area contributed by atoms with Gasteiger partial charge in [-0.3, -0.25) is 4.79 Å². The third kappa shape index (κ3) is 3.56. The lowest BCUT2D eigenvalue weighted by Crippen LogP contribution is -2.47. The van der Waals surface area contributed by atoms with Crippen LogP contribution in [0.5, 0.6) is 0 Å². The van der Waals surface area contributed by atoms with E-state index in [0.29, 0.717) is 18.5 Å². The maximum atomic E-state index is 12.2. The van der Waals surface area contributed by atoms with Gasteiger partial charge in [0.25, 0.3) is 0 Å². The summed E-state index contributed by atoms with van der Waals surface area (Å²) < 4.78 is 5.97. The fourth-order valence-electron chi connectivity index (χ4n) is 2.28. The number of halogens is 1. The van der Waals surface area contributed by atoms with E-state index in [4.69, 9.17) is 4.74 Å². The predicted octanol–water partition coefficient (Wildman–Crippen LogP) is 3.98. The molecule has 1 aliphatic rings. The van der Waals surface area contributed by atoms with Crippen LogP contribution in [0.25, 0.3) is 0 Å². The number of Topliss-reactive ketones (excluding diaryl/α,β-unsaturated/α-hetero) is 1. The van der Waals surface area contributed by atoms with Crippen LogP contribution in [0.1, 0.15) is 32.6 Å². The van der Waals surface area contributed by atoms with Crippen LogP contribution in [0.4, 0.5) is 5.69 Å². The topological polar surface area (TPSA) is 68.1 Å². The fraction of sp³-hybridized carbons (Fsp3) is 0.467. The molecule has 0 spiro atoms. The second-order valence-corrected chi connectivity index (χ2v) is 5.80. The van der Waals surface area contributed by atoms with Crippen LogP contribution in [0.2, 0.25) is 0 Å². The number of benzene rings is 1. The first-order chi connectivity index (χ1) is 10.1. The summed E-state index contributed by atoms with van der Waals surface area (Å²) in [6.45, 7) is 1.94. The maximum absolute atomic E-state index is 12.2. The van der Waals surface area contributed by atoms with Gasteiger partial charge in [-0.25, -0.2) is 4.79 Å². The van der Waals surface area contributed by atoms with Crippen LogP contribution in [-0.4, -0.2) is 23.9 Å². The van der Waals surface area contributed by atoms with Gasteiger partial charge in [0.2, 0.25) is 5.54 Å². The molecule has 0 aromatic heterocycles. The standard InChI is InChI=1S/C15H17BrN2O3/c1-2-21-14(20)15(10-4-3-5-13(15)19)18-17-12-8-6-11(16)7-9-12/h6-9H,2-5,10H2,1H3/b18-17+. The Morgan fingerprint density at radius 2 is 2.05 bits per heavy atom. The minimum absolute atomic E-state index is 0.201. The number of ether oxygens (including phenoxy) is 1. The summed E-state index contributed by atoms with van der Waals surface area (Å²) in [5.74, 6) is -0.788. The van der Waals surface area contributed by atoms with E-state index in [2.05, 4.69) is 26.2 Å². The minimum Gasteiger partial charge on any atom is -0.464 e. The molecule has 1 aromatic carbocycles. The van der Waals surface area contributed by atoms with Crippen LogP contribution < -0.4 is 0 Å². The molecule has 6 heteroatoms. The Kier molecular flexibility index (Phi) is 5.22. The lowest BCUT2D eigenvalue weighted by Gasteiger charge is -2.28. The highest BCUT2D eigenvalue weighted by Gasteiger charge is 2.48. The Morgan fingerprint density at radius 3 is 2.67 bits per heavy atom. The quantitative estimate of drug-likeness (QED) is 0.467. The first-order valence-electron chi connectivity index (χ1n) is 6.97. The van der Waals surface area contributed by atoms with E-state index >= 15 is 0 Å². The van der Waals surface area contributed by atoms with Crippen LogP contribution in [0, 0.1) is 0 Å². The van der Waals surface area contributed by atoms with Gasteiger partial charge < -0.3 is 4.74 Å². The summed E-state index contributed by atoms with van der Waals surface area (Å²) in [6.07, 6.45) is 2.26. The molecule has 1 atom stereocenters. The molecule has 1 aliphatic carbocycles. The first-order valence-corrected chi connectivity index (χ1v) is 7.77. The third-order valence-corrected chi connectivity index (χ3v) is 3.96. The summed E-state index contributed by atoms with van der Waals surface area (Å²) >= 11 is 3.34. The van der Waals surface area contributed by atoms with E-state index in [1.807, 2.05) is 12.1 Å². The van der Waals surface area contributed by atoms with Gasteiger partial charge in [-0.05, 0) is 50.5 Å². The molecule has 1 aromatic rings. The summed E-state index contributed by atoms with van der Waals surface area (Å²) in [4.78, 5) is 24.4. The highest BCUT2D eigenvalue weighted by Crippen LogP contribution is 2.32. The van der Waals surface area contributed by atoms with Crippen molar-refractivity contribution in [2.45, 2.75) is 38.1 Å². The number of carbonyl (C=O) groups is 2. The molecule has 1 unspecified atom stereocenters. The molecule has 0 bridgehead atoms. The van der Waals surface area contributed by atoms with Crippen molar-refractivity contribution in [3.05, 3.63) is 28.7 Å². The largest absolute Gasteiger partial charge is 0.464 e. The van der Waals surface area contributed by atoms with Gasteiger partial charge in [0, 0.05) is 10.9 Å². The number of ketones is 1. The van der Waals surface area contributed by atoms with Crippen molar-refractivity contribution in [2.75, 3.05) is 6.61 Å². The predicted molar refractivity (Wildman–Crippen MR) is 81.5 cm³/mol. The van der Waals surface area contributed by atoms with E-state index in [9.17, 15) is 9.59 Å². The number of nitrogens with zero attached hydrogens (tertiary/aromatic N) is 2. The Labute approximate surface area is 131 Å². The van der Waals surface area contributed by atoms with Gasteiger partial charge >= 0.3 is 5.97 Å². The molecular formula is C15H17BrN2O3. The Balaban J connectivity index is 2.29. The number of carbonyl (C=O) groups excluding carboxylic acids is 2. The molecule has 5 nitrogen and oxygen atoms in total. The van der Waals surface area contributed by atoms with Crippen molar-refractivity contribution in [1.82, 2.24) is 0 Å². The Hall–Kier alpha value is -1.56. The molecule has 0 heterocycles. The van der Waals surface area contributed by atoms with Gasteiger partial charge in [-0.15, -0.1) is 0 Å². The average molecular weight is 353 g/mol. The van der Waals surface area contributed by atoms with Crippen molar-refractivity contribution in [3.63, 3.8) is 0 Å². The van der Waals surface area contributed by atoms with E-state index in [1.54, 1.807) is 19.1 Å². The molecule has 2 rings (SSSR count). The summed E-state index contributed by atoms with van der Waals surface area (Å²) in [5, 5.41) is 8.18. The number of hydrogen-bond donors (Lipinski definition) is 0. The van der Waals surface area contributed by atoms with Crippen molar-refractivity contribution in [2.24, 2.45) is 10.2 Å². The minimum atomic E-state index is -1.46. The monoisotopic (exact) mass is 352 g/mol. The van der Waals surface area contributed by atoms with Crippen molar-refractivity contribution < 1.29 is 14.3 Å². The molecule has 21 heavy (non-hydrogen) atoms. The molecule has 0 N–H and O–H groups in total. The molecule has 0 amide bonds. The van der Waals surface area contributed by atoms with Gasteiger partial charge in [0.1, 0.15) is 0 Å². The molecule has 1 fully saturated rings. The molecule has 0 saturated heterocycles. The Bertz CT molecular complexity index is 557.